The number of esters is 1. The fourth-order valence-corrected chi connectivity index (χ4v) is 2.15. The number of rotatable bonds is 11. The van der Waals surface area contributed by atoms with Crippen LogP contribution in [0.3, 0.4) is 0 Å². The molecule has 7 nitrogen and oxygen atoms in total. The lowest BCUT2D eigenvalue weighted by Crippen LogP contribution is -2.23. The van der Waals surface area contributed by atoms with Gasteiger partial charge in [-0.3, -0.25) is 0 Å². The molecule has 1 aromatic heterocycles. The molecule has 0 saturated heterocycles. The van der Waals surface area contributed by atoms with E-state index in [4.69, 9.17) is 14.2 Å². The normalized spacial score (nSPS) is 11.5. The molecule has 0 fully saturated rings. The van der Waals surface area contributed by atoms with Crippen molar-refractivity contribution in [1.82, 2.24) is 10.3 Å². The summed E-state index contributed by atoms with van der Waals surface area (Å²) in [6.07, 6.45) is 1.70. The van der Waals surface area contributed by atoms with Crippen LogP contribution < -0.4 is 10.1 Å². The van der Waals surface area contributed by atoms with E-state index >= 15 is 0 Å². The van der Waals surface area contributed by atoms with Crippen LogP contribution in [0.2, 0.25) is 0 Å². The van der Waals surface area contributed by atoms with Gasteiger partial charge in [0.05, 0.1) is 13.2 Å². The molecule has 1 aromatic rings. The molecule has 0 aliphatic heterocycles. The number of aromatic nitrogens is 1. The van der Waals surface area contributed by atoms with Crippen molar-refractivity contribution in [1.29, 1.82) is 5.26 Å². The van der Waals surface area contributed by atoms with Gasteiger partial charge in [-0.1, -0.05) is 19.9 Å². The summed E-state index contributed by atoms with van der Waals surface area (Å²) in [5.74, 6) is -0.126. The van der Waals surface area contributed by atoms with Crippen molar-refractivity contribution in [2.45, 2.75) is 34.2 Å². The molecule has 1 N–H and O–H groups in total. The first-order valence-corrected chi connectivity index (χ1v) is 8.74. The Morgan fingerprint density at radius 3 is 2.58 bits per heavy atom. The first-order chi connectivity index (χ1) is 12.5. The number of allylic oxidation sites excluding steroid dienone is 1. The summed E-state index contributed by atoms with van der Waals surface area (Å²) in [6.45, 7) is 9.54. The summed E-state index contributed by atoms with van der Waals surface area (Å²) >= 11 is 0. The molecule has 0 aliphatic rings. The van der Waals surface area contributed by atoms with E-state index in [1.165, 1.54) is 0 Å². The van der Waals surface area contributed by atoms with Gasteiger partial charge in [0, 0.05) is 31.1 Å². The molecule has 0 aliphatic carbocycles. The number of carbonyl (C=O) groups excluding carboxylic acids is 1. The predicted molar refractivity (Wildman–Crippen MR) is 97.2 cm³/mol. The molecule has 0 atom stereocenters. The minimum absolute atomic E-state index is 0.0182. The summed E-state index contributed by atoms with van der Waals surface area (Å²) in [7, 11) is 0. The van der Waals surface area contributed by atoms with E-state index in [0.717, 1.165) is 5.56 Å². The maximum Gasteiger partial charge on any atom is 0.350 e. The third-order valence-corrected chi connectivity index (χ3v) is 3.40. The van der Waals surface area contributed by atoms with E-state index in [9.17, 15) is 10.1 Å². The van der Waals surface area contributed by atoms with Crippen molar-refractivity contribution < 1.29 is 19.0 Å². The van der Waals surface area contributed by atoms with Gasteiger partial charge in [0.15, 0.2) is 5.57 Å². The average molecular weight is 361 g/mol. The molecule has 0 saturated carbocycles. The lowest BCUT2D eigenvalue weighted by Gasteiger charge is -2.16. The van der Waals surface area contributed by atoms with Gasteiger partial charge < -0.3 is 19.5 Å². The number of hydrogen-bond donors (Lipinski definition) is 1. The van der Waals surface area contributed by atoms with Gasteiger partial charge in [-0.05, 0) is 25.3 Å². The Balaban J connectivity index is 2.78. The molecule has 1 rings (SSSR count). The Labute approximate surface area is 155 Å². The van der Waals surface area contributed by atoms with Gasteiger partial charge >= 0.3 is 5.97 Å². The highest BCUT2D eigenvalue weighted by Crippen LogP contribution is 2.15. The summed E-state index contributed by atoms with van der Waals surface area (Å²) in [5, 5.41) is 12.6. The molecule has 26 heavy (non-hydrogen) atoms. The second-order valence-corrected chi connectivity index (χ2v) is 5.68. The van der Waals surface area contributed by atoms with E-state index in [1.54, 1.807) is 12.3 Å². The smallest absolute Gasteiger partial charge is 0.350 e. The number of pyridine rings is 1. The zero-order chi connectivity index (χ0) is 19.4. The quantitative estimate of drug-likeness (QED) is 0.280. The topological polar surface area (TPSA) is 93.5 Å². The number of carbonyl (C=O) groups is 1. The van der Waals surface area contributed by atoms with Gasteiger partial charge in [-0.25, -0.2) is 9.78 Å². The summed E-state index contributed by atoms with van der Waals surface area (Å²) in [4.78, 5) is 16.4. The first-order valence-electron chi connectivity index (χ1n) is 8.74. The number of nitriles is 1. The van der Waals surface area contributed by atoms with E-state index < -0.39 is 5.97 Å². The molecule has 7 heteroatoms. The van der Waals surface area contributed by atoms with Crippen molar-refractivity contribution in [3.63, 3.8) is 0 Å². The standard InChI is InChI=1S/C19H27N3O4/c1-5-24-9-10-26-19(23)16(11-20)18(14(3)4)22-13-15-7-8-17(21-12-15)25-6-2/h7-8,12,14,22H,5-6,9-10,13H2,1-4H3/b18-16-. The van der Waals surface area contributed by atoms with Crippen LogP contribution in [0.4, 0.5) is 0 Å². The van der Waals surface area contributed by atoms with Gasteiger partial charge in [-0.2, -0.15) is 5.26 Å². The second kappa shape index (κ2) is 11.9. The SMILES string of the molecule is CCOCCOC(=O)/C(C#N)=C(\NCc1ccc(OCC)nc1)C(C)C. The van der Waals surface area contributed by atoms with Crippen molar-refractivity contribution in [3.8, 4) is 11.9 Å². The van der Waals surface area contributed by atoms with Gasteiger partial charge in [0.25, 0.3) is 0 Å². The third kappa shape index (κ3) is 7.11. The molecule has 142 valence electrons. The van der Waals surface area contributed by atoms with Crippen LogP contribution in [0, 0.1) is 17.2 Å². The summed E-state index contributed by atoms with van der Waals surface area (Å²) in [5.41, 5.74) is 1.44. The van der Waals surface area contributed by atoms with Gasteiger partial charge in [0.1, 0.15) is 12.7 Å². The van der Waals surface area contributed by atoms with Crippen LogP contribution in [0.1, 0.15) is 33.3 Å². The first kappa shape index (κ1) is 21.5. The predicted octanol–water partition coefficient (Wildman–Crippen LogP) is 2.58. The molecule has 0 aromatic carbocycles. The maximum absolute atomic E-state index is 12.2. The molecular weight excluding hydrogens is 334 g/mol. The molecule has 0 unspecified atom stereocenters. The van der Waals surface area contributed by atoms with Crippen LogP contribution in [0.5, 0.6) is 5.88 Å². The molecule has 0 amide bonds. The summed E-state index contributed by atoms with van der Waals surface area (Å²) < 4.78 is 15.5. The molecular formula is C19H27N3O4. The number of nitrogens with zero attached hydrogens (tertiary/aromatic N) is 2. The second-order valence-electron chi connectivity index (χ2n) is 5.68. The van der Waals surface area contributed by atoms with Crippen molar-refractivity contribution in [3.05, 3.63) is 35.2 Å². The number of hydrogen-bond acceptors (Lipinski definition) is 7. The lowest BCUT2D eigenvalue weighted by atomic mass is 10.0. The van der Waals surface area contributed by atoms with Crippen LogP contribution >= 0.6 is 0 Å². The molecule has 0 bridgehead atoms. The van der Waals surface area contributed by atoms with E-state index in [0.29, 0.717) is 37.9 Å². The minimum atomic E-state index is -0.645. The highest BCUT2D eigenvalue weighted by Gasteiger charge is 2.19. The van der Waals surface area contributed by atoms with E-state index in [2.05, 4.69) is 10.3 Å². The minimum Gasteiger partial charge on any atom is -0.478 e. The Hall–Kier alpha value is -2.59. The van der Waals surface area contributed by atoms with E-state index in [-0.39, 0.29) is 18.1 Å². The van der Waals surface area contributed by atoms with Crippen LogP contribution in [0.25, 0.3) is 0 Å². The Kier molecular flexibility index (Phi) is 9.80. The lowest BCUT2D eigenvalue weighted by molar-refractivity contribution is -0.140. The highest BCUT2D eigenvalue weighted by molar-refractivity contribution is 5.93. The Bertz CT molecular complexity index is 633. The Morgan fingerprint density at radius 2 is 2.04 bits per heavy atom. The van der Waals surface area contributed by atoms with E-state index in [1.807, 2.05) is 39.8 Å². The van der Waals surface area contributed by atoms with Gasteiger partial charge in [-0.15, -0.1) is 0 Å². The average Bonchev–Trinajstić information content (AvgIpc) is 2.63. The van der Waals surface area contributed by atoms with Crippen molar-refractivity contribution >= 4 is 5.97 Å². The summed E-state index contributed by atoms with van der Waals surface area (Å²) in [6, 6.07) is 5.62. The zero-order valence-electron chi connectivity index (χ0n) is 15.9. The van der Waals surface area contributed by atoms with Crippen molar-refractivity contribution in [2.75, 3.05) is 26.4 Å². The number of nitrogens with one attached hydrogen (secondary N) is 1. The van der Waals surface area contributed by atoms with Crippen LogP contribution in [-0.4, -0.2) is 37.4 Å². The fraction of sp³-hybridized carbons (Fsp3) is 0.526. The maximum atomic E-state index is 12.2. The monoisotopic (exact) mass is 361 g/mol. The van der Waals surface area contributed by atoms with Crippen molar-refractivity contribution in [2.24, 2.45) is 5.92 Å². The van der Waals surface area contributed by atoms with Crippen LogP contribution in [0.15, 0.2) is 29.6 Å². The zero-order valence-corrected chi connectivity index (χ0v) is 15.9. The number of ether oxygens (including phenoxy) is 3. The third-order valence-electron chi connectivity index (χ3n) is 3.40. The Morgan fingerprint density at radius 1 is 1.27 bits per heavy atom. The molecule has 0 spiro atoms. The van der Waals surface area contributed by atoms with Crippen LogP contribution in [-0.2, 0) is 20.8 Å². The molecule has 0 radical (unpaired) electrons. The molecule has 1 heterocycles. The fourth-order valence-electron chi connectivity index (χ4n) is 2.15. The largest absolute Gasteiger partial charge is 0.478 e. The van der Waals surface area contributed by atoms with Gasteiger partial charge in [0.2, 0.25) is 5.88 Å². The highest BCUT2D eigenvalue weighted by atomic mass is 16.6.